The van der Waals surface area contributed by atoms with Crippen LogP contribution in [0.25, 0.3) is 5.83 Å². The van der Waals surface area contributed by atoms with Crippen LogP contribution in [0.15, 0.2) is 29.8 Å². The van der Waals surface area contributed by atoms with Gasteiger partial charge in [-0.05, 0) is 50.3 Å². The Morgan fingerprint density at radius 1 is 1.15 bits per heavy atom. The molecule has 0 spiro atoms. The number of hydrogen-bond donors (Lipinski definition) is 0. The normalized spacial score (nSPS) is 18.1. The van der Waals surface area contributed by atoms with Gasteiger partial charge in [0, 0.05) is 0 Å². The van der Waals surface area contributed by atoms with E-state index in [-0.39, 0.29) is 18.8 Å². The average molecular weight is 372 g/mol. The Morgan fingerprint density at radius 3 is 2.54 bits per heavy atom. The molecule has 1 unspecified atom stereocenters. The Hall–Kier alpha value is -1.98. The Labute approximate surface area is 151 Å². The highest BCUT2D eigenvalue weighted by molar-refractivity contribution is 5.63. The zero-order valence-corrected chi connectivity index (χ0v) is 15.1. The van der Waals surface area contributed by atoms with Crippen LogP contribution in [0.4, 0.5) is 17.6 Å². The van der Waals surface area contributed by atoms with Crippen molar-refractivity contribution in [2.45, 2.75) is 58.5 Å². The van der Waals surface area contributed by atoms with Crippen LogP contribution in [0.3, 0.4) is 0 Å². The van der Waals surface area contributed by atoms with Crippen molar-refractivity contribution < 1.29 is 27.0 Å². The highest BCUT2D eigenvalue weighted by Gasteiger charge is 2.27. The minimum absolute atomic E-state index is 0.130. The molecule has 0 amide bonds. The molecule has 144 valence electrons. The Balaban J connectivity index is 2.14. The summed E-state index contributed by atoms with van der Waals surface area (Å²) < 4.78 is 66.9. The second-order valence-electron chi connectivity index (χ2n) is 6.23. The summed E-state index contributed by atoms with van der Waals surface area (Å²) in [7, 11) is 0. The van der Waals surface area contributed by atoms with Gasteiger partial charge in [-0.15, -0.1) is 0 Å². The van der Waals surface area contributed by atoms with E-state index in [9.17, 15) is 17.6 Å². The number of allylic oxidation sites excluding steroid dienone is 1. The molecule has 0 saturated carbocycles. The number of hydrogen-bond acceptors (Lipinski definition) is 2. The molecule has 0 saturated heterocycles. The number of unbranched alkanes of at least 4 members (excludes halogenated alkanes) is 2. The maximum absolute atomic E-state index is 14.4. The van der Waals surface area contributed by atoms with E-state index in [4.69, 9.17) is 9.47 Å². The quantitative estimate of drug-likeness (QED) is 0.377. The first-order chi connectivity index (χ1) is 12.5. The first-order valence-electron chi connectivity index (χ1n) is 8.99. The Kier molecular flexibility index (Phi) is 7.54. The summed E-state index contributed by atoms with van der Waals surface area (Å²) in [6.45, 7) is 3.84. The molecule has 1 heterocycles. The van der Waals surface area contributed by atoms with Crippen LogP contribution in [0.2, 0.25) is 0 Å². The van der Waals surface area contributed by atoms with E-state index in [0.29, 0.717) is 6.42 Å². The molecular weight excluding hydrogens is 348 g/mol. The topological polar surface area (TPSA) is 18.5 Å². The fraction of sp³-hybridized carbons (Fsp3) is 0.500. The van der Waals surface area contributed by atoms with Crippen molar-refractivity contribution in [1.82, 2.24) is 0 Å². The lowest BCUT2D eigenvalue weighted by Gasteiger charge is -2.22. The maximum atomic E-state index is 14.4. The lowest BCUT2D eigenvalue weighted by Crippen LogP contribution is -2.16. The third kappa shape index (κ3) is 4.80. The molecule has 1 aliphatic heterocycles. The zero-order valence-electron chi connectivity index (χ0n) is 15.1. The van der Waals surface area contributed by atoms with Crippen molar-refractivity contribution in [3.05, 3.63) is 47.0 Å². The van der Waals surface area contributed by atoms with Gasteiger partial charge in [0.2, 0.25) is 5.82 Å². The molecule has 0 aromatic heterocycles. The first-order valence-corrected chi connectivity index (χ1v) is 8.99. The minimum Gasteiger partial charge on any atom is -0.491 e. The Bertz CT molecular complexity index is 683. The smallest absolute Gasteiger partial charge is 0.201 e. The van der Waals surface area contributed by atoms with Gasteiger partial charge in [0.25, 0.3) is 0 Å². The molecule has 0 aliphatic carbocycles. The molecule has 1 aliphatic rings. The lowest BCUT2D eigenvalue weighted by atomic mass is 9.99. The zero-order chi connectivity index (χ0) is 19.1. The molecule has 6 heteroatoms. The highest BCUT2D eigenvalue weighted by atomic mass is 19.2. The van der Waals surface area contributed by atoms with E-state index in [2.05, 4.69) is 6.92 Å². The second-order valence-corrected chi connectivity index (χ2v) is 6.23. The predicted molar refractivity (Wildman–Crippen MR) is 93.0 cm³/mol. The fourth-order valence-corrected chi connectivity index (χ4v) is 2.83. The standard InChI is InChI=1S/C20H24F4O2/c1-3-5-6-7-13-8-10-16(26-12-13)20(24)18(22)14-9-11-15(25-4-2)19(23)17(14)21/h9,11-12,16H,3-8,10H2,1-2H3/b20-18+. The largest absolute Gasteiger partial charge is 0.491 e. The predicted octanol–water partition coefficient (Wildman–Crippen LogP) is 6.61. The maximum Gasteiger partial charge on any atom is 0.201 e. The summed E-state index contributed by atoms with van der Waals surface area (Å²) in [6.07, 6.45) is 5.29. The van der Waals surface area contributed by atoms with E-state index < -0.39 is 35.0 Å². The summed E-state index contributed by atoms with van der Waals surface area (Å²) >= 11 is 0. The number of halogens is 4. The van der Waals surface area contributed by atoms with Gasteiger partial charge < -0.3 is 9.47 Å². The molecule has 2 rings (SSSR count). The van der Waals surface area contributed by atoms with E-state index in [1.807, 2.05) is 0 Å². The monoisotopic (exact) mass is 372 g/mol. The number of benzene rings is 1. The van der Waals surface area contributed by atoms with Gasteiger partial charge in [-0.25, -0.2) is 13.2 Å². The van der Waals surface area contributed by atoms with E-state index in [0.717, 1.165) is 43.4 Å². The molecule has 0 fully saturated rings. The van der Waals surface area contributed by atoms with E-state index in [1.165, 1.54) is 6.26 Å². The molecule has 0 bridgehead atoms. The van der Waals surface area contributed by atoms with Gasteiger partial charge in [-0.1, -0.05) is 19.8 Å². The van der Waals surface area contributed by atoms with Gasteiger partial charge >= 0.3 is 0 Å². The van der Waals surface area contributed by atoms with Crippen LogP contribution in [0.1, 0.15) is 57.9 Å². The molecular formula is C20H24F4O2. The molecule has 2 nitrogen and oxygen atoms in total. The van der Waals surface area contributed by atoms with E-state index in [1.54, 1.807) is 6.92 Å². The molecule has 0 N–H and O–H groups in total. The second kappa shape index (κ2) is 9.64. The van der Waals surface area contributed by atoms with Gasteiger partial charge in [0.15, 0.2) is 29.3 Å². The van der Waals surface area contributed by atoms with Gasteiger partial charge in [-0.2, -0.15) is 4.39 Å². The van der Waals surface area contributed by atoms with Crippen molar-refractivity contribution in [3.63, 3.8) is 0 Å². The van der Waals surface area contributed by atoms with Gasteiger partial charge in [0.05, 0.1) is 18.4 Å². The van der Waals surface area contributed by atoms with E-state index >= 15 is 0 Å². The minimum atomic E-state index is -1.48. The third-order valence-corrected chi connectivity index (χ3v) is 4.30. The van der Waals surface area contributed by atoms with Crippen molar-refractivity contribution in [2.75, 3.05) is 6.61 Å². The first kappa shape index (κ1) is 20.3. The van der Waals surface area contributed by atoms with Crippen LogP contribution in [0, 0.1) is 11.6 Å². The van der Waals surface area contributed by atoms with Gasteiger partial charge in [-0.3, -0.25) is 0 Å². The Morgan fingerprint density at radius 2 is 1.92 bits per heavy atom. The lowest BCUT2D eigenvalue weighted by molar-refractivity contribution is 0.126. The van der Waals surface area contributed by atoms with Crippen LogP contribution in [-0.2, 0) is 4.74 Å². The molecule has 0 radical (unpaired) electrons. The van der Waals surface area contributed by atoms with Crippen molar-refractivity contribution in [3.8, 4) is 5.75 Å². The summed E-state index contributed by atoms with van der Waals surface area (Å²) in [5.74, 6) is -5.82. The number of ether oxygens (including phenoxy) is 2. The molecule has 26 heavy (non-hydrogen) atoms. The highest BCUT2D eigenvalue weighted by Crippen LogP contribution is 2.34. The van der Waals surface area contributed by atoms with Crippen LogP contribution in [0.5, 0.6) is 5.75 Å². The van der Waals surface area contributed by atoms with Crippen LogP contribution >= 0.6 is 0 Å². The van der Waals surface area contributed by atoms with Gasteiger partial charge in [0.1, 0.15) is 0 Å². The number of rotatable bonds is 8. The summed E-state index contributed by atoms with van der Waals surface area (Å²) in [6, 6.07) is 2.05. The van der Waals surface area contributed by atoms with Crippen LogP contribution in [-0.4, -0.2) is 12.7 Å². The summed E-state index contributed by atoms with van der Waals surface area (Å²) in [5, 5.41) is 0. The molecule has 1 aromatic rings. The van der Waals surface area contributed by atoms with Crippen molar-refractivity contribution in [1.29, 1.82) is 0 Å². The van der Waals surface area contributed by atoms with Crippen LogP contribution < -0.4 is 4.74 Å². The SMILES string of the molecule is CCCCCC1=COC(/C(F)=C(\F)c2ccc(OCC)c(F)c2F)CC1. The average Bonchev–Trinajstić information content (AvgIpc) is 2.65. The molecule has 1 aromatic carbocycles. The third-order valence-electron chi connectivity index (χ3n) is 4.30. The fourth-order valence-electron chi connectivity index (χ4n) is 2.83. The van der Waals surface area contributed by atoms with Crippen molar-refractivity contribution >= 4 is 5.83 Å². The van der Waals surface area contributed by atoms with Crippen molar-refractivity contribution in [2.24, 2.45) is 0 Å². The summed E-state index contributed by atoms with van der Waals surface area (Å²) in [5.41, 5.74) is 0.283. The summed E-state index contributed by atoms with van der Waals surface area (Å²) in [4.78, 5) is 0. The molecule has 1 atom stereocenters.